The van der Waals surface area contributed by atoms with Gasteiger partial charge in [0.25, 0.3) is 11.1 Å². The molecule has 0 atom stereocenters. The van der Waals surface area contributed by atoms with Crippen LogP contribution in [-0.2, 0) is 11.3 Å². The van der Waals surface area contributed by atoms with Crippen molar-refractivity contribution < 1.29 is 28.3 Å². The van der Waals surface area contributed by atoms with E-state index in [4.69, 9.17) is 13.9 Å². The summed E-state index contributed by atoms with van der Waals surface area (Å²) in [6.07, 6.45) is 3.00. The highest BCUT2D eigenvalue weighted by molar-refractivity contribution is 9.10. The molecule has 1 aliphatic heterocycles. The second-order valence-corrected chi connectivity index (χ2v) is 8.71. The summed E-state index contributed by atoms with van der Waals surface area (Å²) < 4.78 is 16.9. The van der Waals surface area contributed by atoms with Gasteiger partial charge in [0.05, 0.1) is 24.3 Å². The third-order valence-corrected chi connectivity index (χ3v) is 6.33. The highest BCUT2D eigenvalue weighted by Gasteiger charge is 2.35. The van der Waals surface area contributed by atoms with Crippen molar-refractivity contribution in [2.45, 2.75) is 13.5 Å². The Hall–Kier alpha value is -3.30. The lowest BCUT2D eigenvalue weighted by molar-refractivity contribution is -0.123. The topological polar surface area (TPSA) is 86.0 Å². The maximum Gasteiger partial charge on any atom is 0.379 e. The normalized spacial score (nSPS) is 14.7. The number of furan rings is 1. The number of benzene rings is 2. The molecule has 7 nitrogen and oxygen atoms in total. The van der Waals surface area contributed by atoms with Gasteiger partial charge in [0.2, 0.25) is 5.76 Å². The second-order valence-electron chi connectivity index (χ2n) is 6.87. The number of esters is 1. The Morgan fingerprint density at radius 2 is 1.94 bits per heavy atom. The van der Waals surface area contributed by atoms with Crippen LogP contribution in [0.1, 0.15) is 28.6 Å². The number of ether oxygens (including phenoxy) is 2. The van der Waals surface area contributed by atoms with Crippen molar-refractivity contribution in [2.75, 3.05) is 6.61 Å². The van der Waals surface area contributed by atoms with E-state index in [1.165, 1.54) is 17.2 Å². The van der Waals surface area contributed by atoms with Crippen LogP contribution < -0.4 is 9.47 Å². The average molecular weight is 528 g/mol. The van der Waals surface area contributed by atoms with E-state index in [-0.39, 0.29) is 29.2 Å². The van der Waals surface area contributed by atoms with Crippen molar-refractivity contribution in [3.05, 3.63) is 87.1 Å². The fraction of sp³-hybridized carbons (Fsp3) is 0.125. The maximum absolute atomic E-state index is 12.9. The van der Waals surface area contributed by atoms with Crippen LogP contribution in [0.15, 0.2) is 74.7 Å². The standard InChI is InChI=1S/C24H18BrNO6S/c1-2-30-20-12-15(9-10-18(20)32-23(28)19-8-5-11-31-19)13-21-22(27)26(24(29)33-21)14-16-6-3-4-7-17(16)25/h3-13H,2,14H2,1H3/b21-13-. The fourth-order valence-corrected chi connectivity index (χ4v) is 4.35. The minimum atomic E-state index is -0.651. The van der Waals surface area contributed by atoms with E-state index in [2.05, 4.69) is 15.9 Å². The van der Waals surface area contributed by atoms with E-state index < -0.39 is 5.97 Å². The van der Waals surface area contributed by atoms with Gasteiger partial charge in [0.15, 0.2) is 11.5 Å². The highest BCUT2D eigenvalue weighted by atomic mass is 79.9. The summed E-state index contributed by atoms with van der Waals surface area (Å²) in [6, 6.07) is 15.4. The summed E-state index contributed by atoms with van der Waals surface area (Å²) in [5.41, 5.74) is 1.46. The molecule has 0 radical (unpaired) electrons. The Morgan fingerprint density at radius 1 is 1.12 bits per heavy atom. The number of amides is 2. The van der Waals surface area contributed by atoms with Crippen molar-refractivity contribution in [1.82, 2.24) is 4.90 Å². The van der Waals surface area contributed by atoms with Gasteiger partial charge in [0, 0.05) is 4.47 Å². The van der Waals surface area contributed by atoms with Crippen molar-refractivity contribution in [3.63, 3.8) is 0 Å². The van der Waals surface area contributed by atoms with Gasteiger partial charge in [0.1, 0.15) is 0 Å². The van der Waals surface area contributed by atoms with Gasteiger partial charge >= 0.3 is 5.97 Å². The van der Waals surface area contributed by atoms with Crippen molar-refractivity contribution >= 4 is 50.9 Å². The smallest absolute Gasteiger partial charge is 0.379 e. The van der Waals surface area contributed by atoms with Crippen LogP contribution in [0.5, 0.6) is 11.5 Å². The molecule has 33 heavy (non-hydrogen) atoms. The van der Waals surface area contributed by atoms with Crippen LogP contribution in [0.4, 0.5) is 4.79 Å². The largest absolute Gasteiger partial charge is 0.490 e. The molecule has 0 aliphatic carbocycles. The summed E-state index contributed by atoms with van der Waals surface area (Å²) in [6.45, 7) is 2.32. The summed E-state index contributed by atoms with van der Waals surface area (Å²) in [5, 5.41) is -0.337. The molecule has 0 spiro atoms. The molecule has 3 aromatic rings. The Kier molecular flexibility index (Phi) is 7.00. The minimum Gasteiger partial charge on any atom is -0.490 e. The average Bonchev–Trinajstić information content (AvgIpc) is 3.42. The quantitative estimate of drug-likeness (QED) is 0.215. The summed E-state index contributed by atoms with van der Waals surface area (Å²) in [7, 11) is 0. The molecular weight excluding hydrogens is 510 g/mol. The van der Waals surface area contributed by atoms with Gasteiger partial charge in [-0.1, -0.05) is 40.2 Å². The van der Waals surface area contributed by atoms with E-state index in [9.17, 15) is 14.4 Å². The molecule has 4 rings (SSSR count). The Morgan fingerprint density at radius 3 is 2.67 bits per heavy atom. The molecule has 0 N–H and O–H groups in total. The third-order valence-electron chi connectivity index (χ3n) is 4.65. The first-order valence-corrected chi connectivity index (χ1v) is 11.6. The molecule has 1 aliphatic rings. The maximum atomic E-state index is 12.9. The van der Waals surface area contributed by atoms with Gasteiger partial charge in [-0.25, -0.2) is 4.79 Å². The monoisotopic (exact) mass is 527 g/mol. The molecule has 0 saturated carbocycles. The van der Waals surface area contributed by atoms with Gasteiger partial charge in [-0.2, -0.15) is 0 Å². The van der Waals surface area contributed by atoms with E-state index in [0.29, 0.717) is 22.8 Å². The molecule has 2 aromatic carbocycles. The Balaban J connectivity index is 1.55. The van der Waals surface area contributed by atoms with Crippen molar-refractivity contribution in [2.24, 2.45) is 0 Å². The van der Waals surface area contributed by atoms with Gasteiger partial charge in [-0.15, -0.1) is 0 Å². The first-order chi connectivity index (χ1) is 16.0. The first kappa shape index (κ1) is 22.9. The zero-order valence-electron chi connectivity index (χ0n) is 17.4. The zero-order chi connectivity index (χ0) is 23.4. The molecule has 2 amide bonds. The van der Waals surface area contributed by atoms with Crippen LogP contribution in [-0.4, -0.2) is 28.6 Å². The number of carbonyl (C=O) groups excluding carboxylic acids is 3. The van der Waals surface area contributed by atoms with Gasteiger partial charge < -0.3 is 13.9 Å². The lowest BCUT2D eigenvalue weighted by atomic mass is 10.1. The molecular formula is C24H18BrNO6S. The van der Waals surface area contributed by atoms with Crippen LogP contribution >= 0.6 is 27.7 Å². The number of hydrogen-bond acceptors (Lipinski definition) is 7. The fourth-order valence-electron chi connectivity index (χ4n) is 3.10. The van der Waals surface area contributed by atoms with Crippen LogP contribution in [0, 0.1) is 0 Å². The lowest BCUT2D eigenvalue weighted by Gasteiger charge is -2.13. The molecule has 168 valence electrons. The van der Waals surface area contributed by atoms with Crippen LogP contribution in [0.25, 0.3) is 6.08 Å². The molecule has 0 bridgehead atoms. The Bertz CT molecular complexity index is 1240. The number of hydrogen-bond donors (Lipinski definition) is 0. The number of halogens is 1. The first-order valence-electron chi connectivity index (χ1n) is 9.97. The molecule has 1 saturated heterocycles. The summed E-state index contributed by atoms with van der Waals surface area (Å²) in [5.74, 6) is -0.398. The molecule has 1 aromatic heterocycles. The number of rotatable bonds is 7. The predicted octanol–water partition coefficient (Wildman–Crippen LogP) is 5.90. The SMILES string of the molecule is CCOc1cc(/C=C2\SC(=O)N(Cc3ccccc3Br)C2=O)ccc1OC(=O)c1ccco1. The van der Waals surface area contributed by atoms with Gasteiger partial charge in [-0.3, -0.25) is 14.5 Å². The summed E-state index contributed by atoms with van der Waals surface area (Å²) in [4.78, 5) is 39.1. The second kappa shape index (κ2) is 10.1. The van der Waals surface area contributed by atoms with E-state index in [1.54, 1.807) is 37.3 Å². The zero-order valence-corrected chi connectivity index (χ0v) is 19.9. The molecule has 1 fully saturated rings. The Labute approximate surface area is 202 Å². The van der Waals surface area contributed by atoms with E-state index in [1.807, 2.05) is 24.3 Å². The van der Waals surface area contributed by atoms with Crippen LogP contribution in [0.3, 0.4) is 0 Å². The molecule has 2 heterocycles. The van der Waals surface area contributed by atoms with Crippen LogP contribution in [0.2, 0.25) is 0 Å². The number of imide groups is 1. The predicted molar refractivity (Wildman–Crippen MR) is 127 cm³/mol. The van der Waals surface area contributed by atoms with Gasteiger partial charge in [-0.05, 0) is 66.2 Å². The number of nitrogens with zero attached hydrogens (tertiary/aromatic N) is 1. The summed E-state index contributed by atoms with van der Waals surface area (Å²) >= 11 is 4.32. The van der Waals surface area contributed by atoms with Crippen molar-refractivity contribution in [3.8, 4) is 11.5 Å². The third kappa shape index (κ3) is 5.20. The van der Waals surface area contributed by atoms with Crippen molar-refractivity contribution in [1.29, 1.82) is 0 Å². The van der Waals surface area contributed by atoms with E-state index >= 15 is 0 Å². The number of thioether (sulfide) groups is 1. The lowest BCUT2D eigenvalue weighted by Crippen LogP contribution is -2.27. The minimum absolute atomic E-state index is 0.0697. The number of carbonyl (C=O) groups is 3. The highest BCUT2D eigenvalue weighted by Crippen LogP contribution is 2.36. The van der Waals surface area contributed by atoms with E-state index in [0.717, 1.165) is 21.8 Å². The molecule has 0 unspecified atom stereocenters. The molecule has 9 heteroatoms.